The van der Waals surface area contributed by atoms with Gasteiger partial charge in [-0.15, -0.1) is 0 Å². The van der Waals surface area contributed by atoms with Gasteiger partial charge in [-0.3, -0.25) is 5.43 Å². The van der Waals surface area contributed by atoms with Crippen LogP contribution < -0.4 is 5.43 Å². The van der Waals surface area contributed by atoms with Crippen molar-refractivity contribution >= 4 is 11.7 Å². The zero-order valence-electron chi connectivity index (χ0n) is 8.40. The third-order valence-electron chi connectivity index (χ3n) is 2.44. The molecule has 78 valence electrons. The van der Waals surface area contributed by atoms with Crippen LogP contribution in [0.4, 0.5) is 0 Å². The third-order valence-corrected chi connectivity index (χ3v) is 2.44. The lowest BCUT2D eigenvalue weighted by molar-refractivity contribution is -0.139. The molecule has 1 aliphatic rings. The number of rotatable bonds is 2. The van der Waals surface area contributed by atoms with Gasteiger partial charge in [0.15, 0.2) is 0 Å². The second-order valence-electron chi connectivity index (χ2n) is 3.65. The average molecular weight is 204 g/mol. The van der Waals surface area contributed by atoms with E-state index in [-0.39, 0.29) is 0 Å². The highest BCUT2D eigenvalue weighted by Gasteiger charge is 2.25. The molecule has 0 spiro atoms. The van der Waals surface area contributed by atoms with Crippen LogP contribution in [0.3, 0.4) is 0 Å². The van der Waals surface area contributed by atoms with Crippen molar-refractivity contribution in [2.24, 2.45) is 5.10 Å². The van der Waals surface area contributed by atoms with Crippen molar-refractivity contribution in [2.45, 2.75) is 19.4 Å². The Morgan fingerprint density at radius 2 is 2.13 bits per heavy atom. The highest BCUT2D eigenvalue weighted by Crippen LogP contribution is 2.12. The van der Waals surface area contributed by atoms with Gasteiger partial charge in [-0.25, -0.2) is 4.79 Å². The van der Waals surface area contributed by atoms with E-state index < -0.39 is 12.0 Å². The summed E-state index contributed by atoms with van der Waals surface area (Å²) in [6, 6.07) is 7.32. The molecular formula is C11H12N2O2. The number of hydrogen-bond acceptors (Lipinski definition) is 3. The Balaban J connectivity index is 2.14. The molecule has 0 amide bonds. The predicted molar refractivity (Wildman–Crippen MR) is 56.9 cm³/mol. The van der Waals surface area contributed by atoms with E-state index in [1.165, 1.54) is 5.56 Å². The first-order valence-electron chi connectivity index (χ1n) is 4.79. The zero-order chi connectivity index (χ0) is 10.8. The molecule has 1 aliphatic heterocycles. The molecule has 1 aromatic rings. The summed E-state index contributed by atoms with van der Waals surface area (Å²) in [6.07, 6.45) is 0.443. The van der Waals surface area contributed by atoms with Gasteiger partial charge in [0.2, 0.25) is 0 Å². The van der Waals surface area contributed by atoms with Gasteiger partial charge in [0.25, 0.3) is 0 Å². The van der Waals surface area contributed by atoms with Gasteiger partial charge >= 0.3 is 5.97 Å². The molecule has 0 saturated heterocycles. The van der Waals surface area contributed by atoms with E-state index in [1.54, 1.807) is 0 Å². The molecule has 0 aromatic heterocycles. The number of carboxylic acid groups (broad SMARTS) is 1. The Bertz CT molecular complexity index is 409. The highest BCUT2D eigenvalue weighted by atomic mass is 16.4. The fraction of sp³-hybridized carbons (Fsp3) is 0.273. The largest absolute Gasteiger partial charge is 0.480 e. The van der Waals surface area contributed by atoms with Crippen LogP contribution in [0.15, 0.2) is 29.4 Å². The second-order valence-corrected chi connectivity index (χ2v) is 3.65. The van der Waals surface area contributed by atoms with Crippen LogP contribution in [0.2, 0.25) is 0 Å². The van der Waals surface area contributed by atoms with Gasteiger partial charge < -0.3 is 5.11 Å². The normalized spacial score (nSPS) is 19.5. The maximum absolute atomic E-state index is 10.7. The van der Waals surface area contributed by atoms with E-state index in [2.05, 4.69) is 10.5 Å². The number of carboxylic acids is 1. The van der Waals surface area contributed by atoms with Gasteiger partial charge in [0, 0.05) is 6.42 Å². The molecule has 0 saturated carbocycles. The summed E-state index contributed by atoms with van der Waals surface area (Å²) >= 11 is 0. The Morgan fingerprint density at radius 3 is 2.67 bits per heavy atom. The first-order chi connectivity index (χ1) is 7.16. The van der Waals surface area contributed by atoms with Crippen LogP contribution in [-0.4, -0.2) is 22.8 Å². The van der Waals surface area contributed by atoms with Crippen LogP contribution in [-0.2, 0) is 4.79 Å². The van der Waals surface area contributed by atoms with E-state index in [9.17, 15) is 4.79 Å². The molecule has 0 aliphatic carbocycles. The SMILES string of the molecule is Cc1ccc(C2=NNC(C(=O)O)C2)cc1. The van der Waals surface area contributed by atoms with Crippen molar-refractivity contribution in [3.63, 3.8) is 0 Å². The quantitative estimate of drug-likeness (QED) is 0.759. The summed E-state index contributed by atoms with van der Waals surface area (Å²) < 4.78 is 0. The van der Waals surface area contributed by atoms with Crippen molar-refractivity contribution in [1.82, 2.24) is 5.43 Å². The minimum Gasteiger partial charge on any atom is -0.480 e. The van der Waals surface area contributed by atoms with E-state index in [1.807, 2.05) is 31.2 Å². The van der Waals surface area contributed by atoms with Crippen LogP contribution in [0.25, 0.3) is 0 Å². The number of nitrogens with zero attached hydrogens (tertiary/aromatic N) is 1. The van der Waals surface area contributed by atoms with Gasteiger partial charge in [0.1, 0.15) is 6.04 Å². The molecule has 2 rings (SSSR count). The molecule has 1 heterocycles. The summed E-state index contributed by atoms with van der Waals surface area (Å²) in [4.78, 5) is 10.7. The summed E-state index contributed by atoms with van der Waals surface area (Å²) in [5, 5.41) is 12.8. The number of hydrazone groups is 1. The maximum Gasteiger partial charge on any atom is 0.328 e. The monoisotopic (exact) mass is 204 g/mol. The number of aryl methyl sites for hydroxylation is 1. The molecule has 0 bridgehead atoms. The van der Waals surface area contributed by atoms with Gasteiger partial charge in [-0.05, 0) is 12.5 Å². The smallest absolute Gasteiger partial charge is 0.328 e. The number of aliphatic carboxylic acids is 1. The van der Waals surface area contributed by atoms with Crippen molar-refractivity contribution in [1.29, 1.82) is 0 Å². The Labute approximate surface area is 87.6 Å². The Morgan fingerprint density at radius 1 is 1.47 bits per heavy atom. The van der Waals surface area contributed by atoms with Crippen LogP contribution in [0.5, 0.6) is 0 Å². The lowest BCUT2D eigenvalue weighted by Crippen LogP contribution is -2.29. The molecule has 4 heteroatoms. The first kappa shape index (κ1) is 9.71. The lowest BCUT2D eigenvalue weighted by atomic mass is 10.0. The van der Waals surface area contributed by atoms with Crippen molar-refractivity contribution in [3.05, 3.63) is 35.4 Å². The molecule has 2 N–H and O–H groups in total. The number of hydrogen-bond donors (Lipinski definition) is 2. The summed E-state index contributed by atoms with van der Waals surface area (Å²) in [5.41, 5.74) is 5.58. The third kappa shape index (κ3) is 1.98. The van der Waals surface area contributed by atoms with Crippen LogP contribution in [0.1, 0.15) is 17.5 Å². The number of benzene rings is 1. The fourth-order valence-corrected chi connectivity index (χ4v) is 1.51. The molecule has 1 atom stereocenters. The van der Waals surface area contributed by atoms with Crippen molar-refractivity contribution < 1.29 is 9.90 Å². The van der Waals surface area contributed by atoms with E-state index in [4.69, 9.17) is 5.11 Å². The van der Waals surface area contributed by atoms with E-state index in [0.29, 0.717) is 6.42 Å². The molecule has 15 heavy (non-hydrogen) atoms. The lowest BCUT2D eigenvalue weighted by Gasteiger charge is -2.02. The van der Waals surface area contributed by atoms with Gasteiger partial charge in [-0.1, -0.05) is 29.8 Å². The zero-order valence-corrected chi connectivity index (χ0v) is 8.40. The molecule has 0 radical (unpaired) electrons. The van der Waals surface area contributed by atoms with Crippen LogP contribution in [0, 0.1) is 6.92 Å². The average Bonchev–Trinajstić information content (AvgIpc) is 2.68. The van der Waals surface area contributed by atoms with Crippen molar-refractivity contribution in [2.75, 3.05) is 0 Å². The van der Waals surface area contributed by atoms with Gasteiger partial charge in [0.05, 0.1) is 5.71 Å². The topological polar surface area (TPSA) is 61.7 Å². The minimum absolute atomic E-state index is 0.443. The first-order valence-corrected chi connectivity index (χ1v) is 4.79. The maximum atomic E-state index is 10.7. The second kappa shape index (κ2) is 3.73. The Hall–Kier alpha value is -1.84. The number of carbonyl (C=O) groups is 1. The molecule has 1 aromatic carbocycles. The van der Waals surface area contributed by atoms with Crippen LogP contribution >= 0.6 is 0 Å². The van der Waals surface area contributed by atoms with Gasteiger partial charge in [-0.2, -0.15) is 5.10 Å². The molecular weight excluding hydrogens is 192 g/mol. The molecule has 0 fully saturated rings. The summed E-state index contributed by atoms with van der Waals surface area (Å²) in [7, 11) is 0. The summed E-state index contributed by atoms with van der Waals surface area (Å²) in [5.74, 6) is -0.860. The van der Waals surface area contributed by atoms with E-state index in [0.717, 1.165) is 11.3 Å². The fourth-order valence-electron chi connectivity index (χ4n) is 1.51. The standard InChI is InChI=1S/C11H12N2O2/c1-7-2-4-8(5-3-7)9-6-10(11(14)15)13-12-9/h2-5,10,13H,6H2,1H3,(H,14,15). The Kier molecular flexibility index (Phi) is 2.41. The summed E-state index contributed by atoms with van der Waals surface area (Å²) in [6.45, 7) is 2.01. The number of nitrogens with one attached hydrogen (secondary N) is 1. The van der Waals surface area contributed by atoms with Crippen molar-refractivity contribution in [3.8, 4) is 0 Å². The molecule has 4 nitrogen and oxygen atoms in total. The molecule has 1 unspecified atom stereocenters. The minimum atomic E-state index is -0.860. The van der Waals surface area contributed by atoms with E-state index >= 15 is 0 Å². The highest BCUT2D eigenvalue weighted by molar-refractivity contribution is 6.04. The predicted octanol–water partition coefficient (Wildman–Crippen LogP) is 1.15.